The standard InChI is InChI=1S/C16H20N4O/c1-11-4-2-3-7-20(11)13-5-6-14-12(8-13)9-19-10-15(21)18-16(19)17-14/h5-6,8,11H,2-4,7,9-10H2,1H3,(H,17,18,21). The Labute approximate surface area is 124 Å². The minimum atomic E-state index is 0.0337. The average molecular weight is 284 g/mol. The second kappa shape index (κ2) is 4.76. The van der Waals surface area contributed by atoms with Gasteiger partial charge < -0.3 is 9.80 Å². The number of hydrogen-bond acceptors (Lipinski definition) is 4. The predicted molar refractivity (Wildman–Crippen MR) is 82.7 cm³/mol. The Bertz CT molecular complexity index is 625. The summed E-state index contributed by atoms with van der Waals surface area (Å²) in [6.07, 6.45) is 3.87. The zero-order valence-electron chi connectivity index (χ0n) is 12.3. The summed E-state index contributed by atoms with van der Waals surface area (Å²) in [6, 6.07) is 7.10. The largest absolute Gasteiger partial charge is 0.369 e. The lowest BCUT2D eigenvalue weighted by atomic mass is 10.0. The topological polar surface area (TPSA) is 47.9 Å². The van der Waals surface area contributed by atoms with Gasteiger partial charge >= 0.3 is 0 Å². The molecule has 0 aromatic heterocycles. The van der Waals surface area contributed by atoms with E-state index in [0.29, 0.717) is 18.5 Å². The summed E-state index contributed by atoms with van der Waals surface area (Å²) in [6.45, 7) is 4.63. The highest BCUT2D eigenvalue weighted by Crippen LogP contribution is 2.33. The van der Waals surface area contributed by atoms with E-state index in [9.17, 15) is 4.79 Å². The Kier molecular flexibility index (Phi) is 2.87. The fourth-order valence-corrected chi connectivity index (χ4v) is 3.51. The van der Waals surface area contributed by atoms with Gasteiger partial charge in [-0.25, -0.2) is 4.99 Å². The molecule has 1 unspecified atom stereocenters. The maximum atomic E-state index is 11.5. The van der Waals surface area contributed by atoms with Crippen molar-refractivity contribution >= 4 is 23.2 Å². The van der Waals surface area contributed by atoms with Gasteiger partial charge in [-0.2, -0.15) is 0 Å². The molecular weight excluding hydrogens is 264 g/mol. The highest BCUT2D eigenvalue weighted by Gasteiger charge is 2.29. The zero-order chi connectivity index (χ0) is 14.4. The third kappa shape index (κ3) is 2.17. The van der Waals surface area contributed by atoms with E-state index in [4.69, 9.17) is 0 Å². The van der Waals surface area contributed by atoms with Crippen molar-refractivity contribution in [1.29, 1.82) is 0 Å². The monoisotopic (exact) mass is 284 g/mol. The predicted octanol–water partition coefficient (Wildman–Crippen LogP) is 2.00. The Morgan fingerprint density at radius 3 is 3.05 bits per heavy atom. The summed E-state index contributed by atoms with van der Waals surface area (Å²) >= 11 is 0. The number of carbonyl (C=O) groups excluding carboxylic acids is 1. The van der Waals surface area contributed by atoms with Crippen molar-refractivity contribution in [2.75, 3.05) is 18.0 Å². The summed E-state index contributed by atoms with van der Waals surface area (Å²) in [5.41, 5.74) is 3.49. The molecule has 5 nitrogen and oxygen atoms in total. The second-order valence-electron chi connectivity index (χ2n) is 6.19. The molecule has 1 aromatic rings. The van der Waals surface area contributed by atoms with E-state index in [1.165, 1.54) is 30.5 Å². The van der Waals surface area contributed by atoms with Crippen LogP contribution >= 0.6 is 0 Å². The van der Waals surface area contributed by atoms with E-state index in [0.717, 1.165) is 18.8 Å². The molecule has 0 saturated carbocycles. The highest BCUT2D eigenvalue weighted by molar-refractivity contribution is 6.05. The van der Waals surface area contributed by atoms with E-state index in [2.05, 4.69) is 40.3 Å². The lowest BCUT2D eigenvalue weighted by Crippen LogP contribution is -2.37. The van der Waals surface area contributed by atoms with Gasteiger partial charge in [-0.05, 0) is 49.9 Å². The van der Waals surface area contributed by atoms with Crippen LogP contribution in [0.3, 0.4) is 0 Å². The number of benzene rings is 1. The SMILES string of the molecule is CC1CCCCN1c1ccc2c(c1)CN1CC(=O)NC1=N2. The third-order valence-electron chi connectivity index (χ3n) is 4.67. The number of fused-ring (bicyclic) bond motifs is 2. The molecule has 110 valence electrons. The van der Waals surface area contributed by atoms with Crippen LogP contribution in [0.1, 0.15) is 31.7 Å². The van der Waals surface area contributed by atoms with E-state index in [1.54, 1.807) is 0 Å². The summed E-state index contributed by atoms with van der Waals surface area (Å²) in [5.74, 6) is 0.734. The van der Waals surface area contributed by atoms with E-state index >= 15 is 0 Å². The minimum absolute atomic E-state index is 0.0337. The Morgan fingerprint density at radius 1 is 1.29 bits per heavy atom. The van der Waals surface area contributed by atoms with Crippen molar-refractivity contribution in [1.82, 2.24) is 10.2 Å². The van der Waals surface area contributed by atoms with Gasteiger partial charge in [0.15, 0.2) is 0 Å². The summed E-state index contributed by atoms with van der Waals surface area (Å²) in [5, 5.41) is 2.81. The molecule has 0 spiro atoms. The number of guanidine groups is 1. The van der Waals surface area contributed by atoms with Gasteiger partial charge in [-0.3, -0.25) is 10.1 Å². The zero-order valence-corrected chi connectivity index (χ0v) is 12.3. The molecular formula is C16H20N4O. The molecule has 0 bridgehead atoms. The normalized spacial score (nSPS) is 24.3. The van der Waals surface area contributed by atoms with Crippen molar-refractivity contribution in [3.05, 3.63) is 23.8 Å². The van der Waals surface area contributed by atoms with Crippen LogP contribution in [0.15, 0.2) is 23.2 Å². The van der Waals surface area contributed by atoms with Crippen molar-refractivity contribution in [3.8, 4) is 0 Å². The molecule has 1 N–H and O–H groups in total. The Balaban J connectivity index is 1.65. The first-order chi connectivity index (χ1) is 10.2. The fraction of sp³-hybridized carbons (Fsp3) is 0.500. The third-order valence-corrected chi connectivity index (χ3v) is 4.67. The van der Waals surface area contributed by atoms with E-state index < -0.39 is 0 Å². The molecule has 3 aliphatic rings. The van der Waals surface area contributed by atoms with Crippen molar-refractivity contribution in [3.63, 3.8) is 0 Å². The molecule has 3 aliphatic heterocycles. The average Bonchev–Trinajstić information content (AvgIpc) is 2.83. The molecule has 4 rings (SSSR count). The second-order valence-corrected chi connectivity index (χ2v) is 6.19. The Morgan fingerprint density at radius 2 is 2.19 bits per heavy atom. The lowest BCUT2D eigenvalue weighted by Gasteiger charge is -2.36. The van der Waals surface area contributed by atoms with E-state index in [-0.39, 0.29) is 5.91 Å². The van der Waals surface area contributed by atoms with Crippen LogP contribution in [-0.4, -0.2) is 35.9 Å². The van der Waals surface area contributed by atoms with Gasteiger partial charge in [0, 0.05) is 24.8 Å². The quantitative estimate of drug-likeness (QED) is 0.858. The first kappa shape index (κ1) is 12.7. The van der Waals surface area contributed by atoms with Crippen LogP contribution in [-0.2, 0) is 11.3 Å². The number of nitrogens with one attached hydrogen (secondary N) is 1. The van der Waals surface area contributed by atoms with Crippen LogP contribution in [0.25, 0.3) is 0 Å². The van der Waals surface area contributed by atoms with Crippen molar-refractivity contribution < 1.29 is 4.79 Å². The number of carbonyl (C=O) groups is 1. The molecule has 2 saturated heterocycles. The summed E-state index contributed by atoms with van der Waals surface area (Å²) in [7, 11) is 0. The number of anilines is 1. The molecule has 5 heteroatoms. The number of amides is 1. The Hall–Kier alpha value is -2.04. The van der Waals surface area contributed by atoms with Crippen LogP contribution in [0.2, 0.25) is 0 Å². The van der Waals surface area contributed by atoms with Crippen LogP contribution < -0.4 is 10.2 Å². The molecule has 21 heavy (non-hydrogen) atoms. The minimum Gasteiger partial charge on any atom is -0.369 e. The first-order valence-electron chi connectivity index (χ1n) is 7.74. The maximum Gasteiger partial charge on any atom is 0.246 e. The molecule has 0 aliphatic carbocycles. The lowest BCUT2D eigenvalue weighted by molar-refractivity contribution is -0.118. The van der Waals surface area contributed by atoms with Crippen LogP contribution in [0.5, 0.6) is 0 Å². The number of piperidine rings is 1. The molecule has 1 amide bonds. The van der Waals surface area contributed by atoms with Gasteiger partial charge in [0.2, 0.25) is 11.9 Å². The van der Waals surface area contributed by atoms with Crippen LogP contribution in [0.4, 0.5) is 11.4 Å². The molecule has 1 aromatic carbocycles. The van der Waals surface area contributed by atoms with E-state index in [1.807, 2.05) is 4.90 Å². The van der Waals surface area contributed by atoms with Gasteiger partial charge in [-0.1, -0.05) is 0 Å². The van der Waals surface area contributed by atoms with Crippen LogP contribution in [0, 0.1) is 0 Å². The fourth-order valence-electron chi connectivity index (χ4n) is 3.51. The molecule has 0 radical (unpaired) electrons. The maximum absolute atomic E-state index is 11.5. The van der Waals surface area contributed by atoms with Gasteiger partial charge in [-0.15, -0.1) is 0 Å². The smallest absolute Gasteiger partial charge is 0.246 e. The van der Waals surface area contributed by atoms with Gasteiger partial charge in [0.1, 0.15) is 6.54 Å². The number of aliphatic imine (C=N–C) groups is 1. The van der Waals surface area contributed by atoms with Crippen molar-refractivity contribution in [2.24, 2.45) is 4.99 Å². The summed E-state index contributed by atoms with van der Waals surface area (Å²) < 4.78 is 0. The van der Waals surface area contributed by atoms with Gasteiger partial charge in [0.25, 0.3) is 0 Å². The summed E-state index contributed by atoms with van der Waals surface area (Å²) in [4.78, 5) is 20.5. The highest BCUT2D eigenvalue weighted by atomic mass is 16.2. The molecule has 3 heterocycles. The molecule has 1 atom stereocenters. The number of nitrogens with zero attached hydrogens (tertiary/aromatic N) is 3. The number of hydrogen-bond donors (Lipinski definition) is 1. The number of rotatable bonds is 1. The molecule has 2 fully saturated rings. The van der Waals surface area contributed by atoms with Gasteiger partial charge in [0.05, 0.1) is 5.69 Å². The first-order valence-corrected chi connectivity index (χ1v) is 7.74. The van der Waals surface area contributed by atoms with Crippen molar-refractivity contribution in [2.45, 2.75) is 38.8 Å².